The molecule has 4 nitrogen and oxygen atoms in total. The standard InChI is InChI=1S/C30H48O4/c1-18(2)19(3)7-9-24(28(32)33)26-12-11-25-23-10-8-21-17-22(34-20(4)31)13-15-29(21,5)27(23)14-16-30(25,26)6/h8,18-19,22-27H,7,9-17H2,1-6H3,(H,32,33)/t19-,22-,23?,24+,25?,26?,27?,29-,30-/m0/s1. The van der Waals surface area contributed by atoms with Crippen LogP contribution in [0.25, 0.3) is 0 Å². The van der Waals surface area contributed by atoms with E-state index in [1.807, 2.05) is 0 Å². The Morgan fingerprint density at radius 3 is 2.44 bits per heavy atom. The van der Waals surface area contributed by atoms with E-state index in [2.05, 4.69) is 40.7 Å². The number of carbonyl (C=O) groups is 2. The number of aliphatic carboxylic acids is 1. The lowest BCUT2D eigenvalue weighted by Gasteiger charge is -2.58. The summed E-state index contributed by atoms with van der Waals surface area (Å²) in [6.45, 7) is 13.2. The van der Waals surface area contributed by atoms with Crippen LogP contribution in [0.2, 0.25) is 0 Å². The van der Waals surface area contributed by atoms with E-state index in [1.165, 1.54) is 31.8 Å². The van der Waals surface area contributed by atoms with Crippen LogP contribution in [0.1, 0.15) is 106 Å². The van der Waals surface area contributed by atoms with E-state index in [0.717, 1.165) is 44.9 Å². The number of fused-ring (bicyclic) bond motifs is 5. The summed E-state index contributed by atoms with van der Waals surface area (Å²) >= 11 is 0. The minimum atomic E-state index is -0.563. The molecule has 0 aliphatic heterocycles. The predicted octanol–water partition coefficient (Wildman–Crippen LogP) is 7.27. The van der Waals surface area contributed by atoms with Crippen LogP contribution in [-0.2, 0) is 14.3 Å². The third kappa shape index (κ3) is 4.48. The molecule has 4 aliphatic rings. The van der Waals surface area contributed by atoms with Crippen LogP contribution in [0.4, 0.5) is 0 Å². The van der Waals surface area contributed by atoms with Gasteiger partial charge in [0.15, 0.2) is 0 Å². The van der Waals surface area contributed by atoms with Crippen LogP contribution in [0.15, 0.2) is 11.6 Å². The minimum absolute atomic E-state index is 0.0441. The Labute approximate surface area is 207 Å². The van der Waals surface area contributed by atoms with Gasteiger partial charge in [0, 0.05) is 13.3 Å². The Morgan fingerprint density at radius 1 is 1.06 bits per heavy atom. The lowest BCUT2D eigenvalue weighted by Crippen LogP contribution is -2.51. The monoisotopic (exact) mass is 472 g/mol. The van der Waals surface area contributed by atoms with E-state index in [0.29, 0.717) is 35.5 Å². The SMILES string of the molecule is CC(=O)O[C@H]1CC[C@@]2(C)C(=CCC3C4CCC([C@@H](CC[C@H](C)C(C)C)C(=O)O)[C@@]4(C)CCC32)C1. The number of hydrogen-bond donors (Lipinski definition) is 1. The zero-order valence-corrected chi connectivity index (χ0v) is 22.4. The van der Waals surface area contributed by atoms with E-state index >= 15 is 0 Å². The molecule has 0 bridgehead atoms. The molecule has 4 unspecified atom stereocenters. The Bertz CT molecular complexity index is 815. The number of allylic oxidation sites excluding steroid dienone is 1. The maximum absolute atomic E-state index is 12.5. The molecule has 0 heterocycles. The van der Waals surface area contributed by atoms with E-state index in [-0.39, 0.29) is 28.8 Å². The van der Waals surface area contributed by atoms with Crippen LogP contribution >= 0.6 is 0 Å². The van der Waals surface area contributed by atoms with Crippen molar-refractivity contribution in [1.29, 1.82) is 0 Å². The fourth-order valence-electron chi connectivity index (χ4n) is 8.94. The van der Waals surface area contributed by atoms with Crippen LogP contribution in [0, 0.1) is 52.3 Å². The fraction of sp³-hybridized carbons (Fsp3) is 0.867. The molecular formula is C30H48O4. The lowest BCUT2D eigenvalue weighted by atomic mass is 9.47. The van der Waals surface area contributed by atoms with Crippen molar-refractivity contribution in [1.82, 2.24) is 0 Å². The van der Waals surface area contributed by atoms with Crippen molar-refractivity contribution in [2.24, 2.45) is 52.3 Å². The molecule has 0 saturated heterocycles. The highest BCUT2D eigenvalue weighted by Crippen LogP contribution is 2.67. The molecule has 0 aromatic carbocycles. The third-order valence-corrected chi connectivity index (χ3v) is 11.3. The van der Waals surface area contributed by atoms with Gasteiger partial charge in [-0.25, -0.2) is 0 Å². The molecule has 0 spiro atoms. The van der Waals surface area contributed by atoms with Gasteiger partial charge in [-0.2, -0.15) is 0 Å². The maximum Gasteiger partial charge on any atom is 0.306 e. The number of carboxylic acid groups (broad SMARTS) is 1. The second-order valence-electron chi connectivity index (χ2n) is 13.2. The molecule has 0 aromatic rings. The van der Waals surface area contributed by atoms with Crippen LogP contribution < -0.4 is 0 Å². The Kier molecular flexibility index (Phi) is 7.29. The first-order chi connectivity index (χ1) is 16.0. The van der Waals surface area contributed by atoms with Gasteiger partial charge in [-0.3, -0.25) is 9.59 Å². The summed E-state index contributed by atoms with van der Waals surface area (Å²) in [4.78, 5) is 24.0. The highest BCUT2D eigenvalue weighted by molar-refractivity contribution is 5.70. The molecule has 4 aliphatic carbocycles. The summed E-state index contributed by atoms with van der Waals surface area (Å²) in [7, 11) is 0. The molecule has 0 amide bonds. The Hall–Kier alpha value is -1.32. The van der Waals surface area contributed by atoms with Crippen molar-refractivity contribution >= 4 is 11.9 Å². The first-order valence-corrected chi connectivity index (χ1v) is 14.1. The number of carbonyl (C=O) groups excluding carboxylic acids is 1. The molecule has 192 valence electrons. The smallest absolute Gasteiger partial charge is 0.306 e. The van der Waals surface area contributed by atoms with Crippen molar-refractivity contribution in [3.63, 3.8) is 0 Å². The number of carboxylic acids is 1. The maximum atomic E-state index is 12.5. The summed E-state index contributed by atoms with van der Waals surface area (Å²) in [5.74, 6) is 2.57. The van der Waals surface area contributed by atoms with Crippen LogP contribution in [-0.4, -0.2) is 23.1 Å². The molecule has 0 aromatic heterocycles. The minimum Gasteiger partial charge on any atom is -0.481 e. The second-order valence-corrected chi connectivity index (χ2v) is 13.2. The summed E-state index contributed by atoms with van der Waals surface area (Å²) < 4.78 is 5.59. The molecule has 9 atom stereocenters. The van der Waals surface area contributed by atoms with Gasteiger partial charge in [0.2, 0.25) is 0 Å². The first kappa shape index (κ1) is 25.8. The molecule has 4 rings (SSSR count). The molecule has 3 fully saturated rings. The number of ether oxygens (including phenoxy) is 1. The fourth-order valence-corrected chi connectivity index (χ4v) is 8.94. The Balaban J connectivity index is 1.51. The van der Waals surface area contributed by atoms with E-state index in [4.69, 9.17) is 4.74 Å². The summed E-state index contributed by atoms with van der Waals surface area (Å²) in [6, 6.07) is 0. The summed E-state index contributed by atoms with van der Waals surface area (Å²) in [5, 5.41) is 10.3. The molecule has 4 heteroatoms. The highest BCUT2D eigenvalue weighted by Gasteiger charge is 2.60. The second kappa shape index (κ2) is 9.62. The van der Waals surface area contributed by atoms with Gasteiger partial charge in [0.05, 0.1) is 5.92 Å². The zero-order valence-electron chi connectivity index (χ0n) is 22.4. The average molecular weight is 473 g/mol. The molecule has 0 radical (unpaired) electrons. The van der Waals surface area contributed by atoms with Gasteiger partial charge in [-0.15, -0.1) is 0 Å². The highest BCUT2D eigenvalue weighted by atomic mass is 16.5. The van der Waals surface area contributed by atoms with E-state index in [1.54, 1.807) is 0 Å². The van der Waals surface area contributed by atoms with Gasteiger partial charge in [0.1, 0.15) is 6.10 Å². The van der Waals surface area contributed by atoms with Gasteiger partial charge < -0.3 is 9.84 Å². The molecular weight excluding hydrogens is 424 g/mol. The van der Waals surface area contributed by atoms with Gasteiger partial charge >= 0.3 is 11.9 Å². The largest absolute Gasteiger partial charge is 0.481 e. The third-order valence-electron chi connectivity index (χ3n) is 11.3. The number of hydrogen-bond acceptors (Lipinski definition) is 3. The van der Waals surface area contributed by atoms with Gasteiger partial charge in [-0.05, 0) is 104 Å². The van der Waals surface area contributed by atoms with Crippen molar-refractivity contribution in [3.05, 3.63) is 11.6 Å². The van der Waals surface area contributed by atoms with Crippen molar-refractivity contribution in [3.8, 4) is 0 Å². The first-order valence-electron chi connectivity index (χ1n) is 14.1. The van der Waals surface area contributed by atoms with Crippen molar-refractivity contribution in [2.45, 2.75) is 112 Å². The lowest BCUT2D eigenvalue weighted by molar-refractivity contribution is -0.149. The Morgan fingerprint density at radius 2 is 1.79 bits per heavy atom. The van der Waals surface area contributed by atoms with Gasteiger partial charge in [0.25, 0.3) is 0 Å². The quantitative estimate of drug-likeness (QED) is 0.312. The van der Waals surface area contributed by atoms with E-state index < -0.39 is 5.97 Å². The van der Waals surface area contributed by atoms with Crippen molar-refractivity contribution in [2.75, 3.05) is 0 Å². The van der Waals surface area contributed by atoms with E-state index in [9.17, 15) is 14.7 Å². The molecule has 3 saturated carbocycles. The molecule has 34 heavy (non-hydrogen) atoms. The van der Waals surface area contributed by atoms with Crippen LogP contribution in [0.5, 0.6) is 0 Å². The van der Waals surface area contributed by atoms with Crippen LogP contribution in [0.3, 0.4) is 0 Å². The summed E-state index contributed by atoms with van der Waals surface area (Å²) in [6.07, 6.45) is 13.2. The topological polar surface area (TPSA) is 63.6 Å². The number of esters is 1. The zero-order chi connectivity index (χ0) is 24.8. The molecule has 1 N–H and O–H groups in total. The van der Waals surface area contributed by atoms with Gasteiger partial charge in [-0.1, -0.05) is 46.3 Å². The summed E-state index contributed by atoms with van der Waals surface area (Å²) in [5.41, 5.74) is 1.90. The normalized spacial score (nSPS) is 41.0. The van der Waals surface area contributed by atoms with Crippen molar-refractivity contribution < 1.29 is 19.4 Å². The average Bonchev–Trinajstić information content (AvgIpc) is 3.10. The predicted molar refractivity (Wildman–Crippen MR) is 135 cm³/mol. The number of rotatable bonds is 7.